The van der Waals surface area contributed by atoms with Crippen LogP contribution in [0.4, 0.5) is 0 Å². The van der Waals surface area contributed by atoms with Gasteiger partial charge in [0.05, 0.1) is 5.92 Å². The zero-order valence-electron chi connectivity index (χ0n) is 28.7. The molecule has 0 radical (unpaired) electrons. The van der Waals surface area contributed by atoms with Gasteiger partial charge in [-0.15, -0.1) is 0 Å². The van der Waals surface area contributed by atoms with Gasteiger partial charge in [0.15, 0.2) is 0 Å². The first kappa shape index (κ1) is 40.9. The van der Waals surface area contributed by atoms with Crippen molar-refractivity contribution in [1.82, 2.24) is 0 Å². The molecule has 0 aliphatic heterocycles. The lowest BCUT2D eigenvalue weighted by Gasteiger charge is -2.36. The van der Waals surface area contributed by atoms with E-state index in [1.54, 1.807) is 0 Å². The fourth-order valence-corrected chi connectivity index (χ4v) is 6.78. The molecule has 2 N–H and O–H groups in total. The van der Waals surface area contributed by atoms with E-state index in [1.165, 1.54) is 154 Å². The van der Waals surface area contributed by atoms with Crippen molar-refractivity contribution in [3.8, 4) is 0 Å². The van der Waals surface area contributed by atoms with Crippen LogP contribution in [-0.4, -0.2) is 22.2 Å². The summed E-state index contributed by atoms with van der Waals surface area (Å²) in [6, 6.07) is 0. The van der Waals surface area contributed by atoms with Gasteiger partial charge in [-0.05, 0) is 31.1 Å². The van der Waals surface area contributed by atoms with Gasteiger partial charge in [-0.1, -0.05) is 188 Å². The van der Waals surface area contributed by atoms with Crippen molar-refractivity contribution >= 4 is 11.9 Å². The van der Waals surface area contributed by atoms with Gasteiger partial charge in [-0.3, -0.25) is 9.59 Å². The summed E-state index contributed by atoms with van der Waals surface area (Å²) in [6.07, 6.45) is 37.1. The van der Waals surface area contributed by atoms with Crippen molar-refractivity contribution in [2.24, 2.45) is 11.3 Å². The molecular weight excluding hydrogens is 520 g/mol. The molecule has 0 heterocycles. The smallest absolute Gasteiger partial charge is 0.307 e. The number of hydrogen-bond donors (Lipinski definition) is 2. The molecule has 1 unspecified atom stereocenters. The lowest BCUT2D eigenvalue weighted by Crippen LogP contribution is -2.34. The first-order valence-corrected chi connectivity index (χ1v) is 18.8. The number of hydrogen-bond acceptors (Lipinski definition) is 2. The fourth-order valence-electron chi connectivity index (χ4n) is 6.78. The molecule has 0 aliphatic rings. The third kappa shape index (κ3) is 25.4. The maximum atomic E-state index is 12.5. The molecule has 0 spiro atoms. The van der Waals surface area contributed by atoms with Crippen molar-refractivity contribution in [2.45, 2.75) is 220 Å². The molecule has 0 saturated carbocycles. The zero-order valence-corrected chi connectivity index (χ0v) is 28.7. The van der Waals surface area contributed by atoms with Crippen LogP contribution >= 0.6 is 0 Å². The minimum atomic E-state index is -0.669. The maximum Gasteiger partial charge on any atom is 0.307 e. The Labute approximate surface area is 262 Å². The molecular formula is C38H74O4. The van der Waals surface area contributed by atoms with Crippen molar-refractivity contribution in [1.29, 1.82) is 0 Å². The Morgan fingerprint density at radius 2 is 0.786 bits per heavy atom. The average molecular weight is 595 g/mol. The quantitative estimate of drug-likeness (QED) is 0.0727. The predicted molar refractivity (Wildman–Crippen MR) is 181 cm³/mol. The molecule has 4 nitrogen and oxygen atoms in total. The van der Waals surface area contributed by atoms with E-state index in [-0.39, 0.29) is 11.3 Å². The van der Waals surface area contributed by atoms with Gasteiger partial charge in [-0.25, -0.2) is 0 Å². The lowest BCUT2D eigenvalue weighted by atomic mass is 9.68. The van der Waals surface area contributed by atoms with Gasteiger partial charge < -0.3 is 10.2 Å². The van der Waals surface area contributed by atoms with Gasteiger partial charge in [0, 0.05) is 6.42 Å². The first-order chi connectivity index (χ1) is 20.4. The van der Waals surface area contributed by atoms with Crippen LogP contribution < -0.4 is 0 Å². The molecule has 0 aromatic rings. The van der Waals surface area contributed by atoms with E-state index in [0.29, 0.717) is 6.42 Å². The van der Waals surface area contributed by atoms with Crippen LogP contribution in [0.3, 0.4) is 0 Å². The van der Waals surface area contributed by atoms with Gasteiger partial charge in [0.25, 0.3) is 0 Å². The van der Waals surface area contributed by atoms with E-state index < -0.39 is 11.9 Å². The number of carboxylic acids is 2. The number of unbranched alkanes of at least 4 members (excludes halogenated alkanes) is 24. The molecule has 0 rings (SSSR count). The molecule has 0 aromatic heterocycles. The highest BCUT2D eigenvalue weighted by Crippen LogP contribution is 2.42. The van der Waals surface area contributed by atoms with E-state index in [0.717, 1.165) is 38.5 Å². The van der Waals surface area contributed by atoms with Crippen molar-refractivity contribution in [3.05, 3.63) is 0 Å². The van der Waals surface area contributed by atoms with Crippen LogP contribution in [0.1, 0.15) is 220 Å². The molecule has 0 fully saturated rings. The van der Waals surface area contributed by atoms with Crippen molar-refractivity contribution in [3.63, 3.8) is 0 Å². The fraction of sp³-hybridized carbons (Fsp3) is 0.947. The zero-order chi connectivity index (χ0) is 31.2. The lowest BCUT2D eigenvalue weighted by molar-refractivity contribution is -0.147. The SMILES string of the molecule is CCCCCCCCC(C)(CCCCCCCC)C(CCCCCCCCCCCCCCCCCC(=O)O)C(=O)O. The predicted octanol–water partition coefficient (Wildman–Crippen LogP) is 12.9. The summed E-state index contributed by atoms with van der Waals surface area (Å²) in [5.74, 6) is -1.40. The summed E-state index contributed by atoms with van der Waals surface area (Å²) >= 11 is 0. The van der Waals surface area contributed by atoms with Crippen molar-refractivity contribution in [2.75, 3.05) is 0 Å². The van der Waals surface area contributed by atoms with Crippen LogP contribution in [0.5, 0.6) is 0 Å². The Bertz CT molecular complexity index is 586. The summed E-state index contributed by atoms with van der Waals surface area (Å²) in [5, 5.41) is 18.9. The highest BCUT2D eigenvalue weighted by Gasteiger charge is 2.37. The Hall–Kier alpha value is -1.06. The summed E-state index contributed by atoms with van der Waals surface area (Å²) in [5.41, 5.74) is -0.0539. The van der Waals surface area contributed by atoms with Crippen LogP contribution in [0.15, 0.2) is 0 Å². The van der Waals surface area contributed by atoms with E-state index in [1.807, 2.05) is 0 Å². The normalized spacial score (nSPS) is 12.5. The number of aliphatic carboxylic acids is 2. The molecule has 250 valence electrons. The molecule has 4 heteroatoms. The standard InChI is InChI=1S/C38H74O4/c1-4-6-8-10-25-29-33-38(3,34-30-26-11-9-7-5-2)35(37(41)42)31-27-23-21-19-17-15-13-12-14-16-18-20-22-24-28-32-36(39)40/h35H,4-34H2,1-3H3,(H,39,40)(H,41,42). The van der Waals surface area contributed by atoms with E-state index >= 15 is 0 Å². The number of rotatable bonds is 34. The number of carboxylic acid groups (broad SMARTS) is 2. The largest absolute Gasteiger partial charge is 0.481 e. The summed E-state index contributed by atoms with van der Waals surface area (Å²) in [4.78, 5) is 23.0. The van der Waals surface area contributed by atoms with Crippen LogP contribution in [-0.2, 0) is 9.59 Å². The molecule has 0 bridgehead atoms. The molecule has 0 saturated heterocycles. The molecule has 0 aromatic carbocycles. The van der Waals surface area contributed by atoms with Gasteiger partial charge in [0.2, 0.25) is 0 Å². The van der Waals surface area contributed by atoms with Gasteiger partial charge >= 0.3 is 11.9 Å². The maximum absolute atomic E-state index is 12.5. The second-order valence-electron chi connectivity index (χ2n) is 13.8. The highest BCUT2D eigenvalue weighted by molar-refractivity contribution is 5.71. The second-order valence-corrected chi connectivity index (χ2v) is 13.8. The first-order valence-electron chi connectivity index (χ1n) is 18.8. The van der Waals surface area contributed by atoms with Gasteiger partial charge in [-0.2, -0.15) is 0 Å². The Kier molecular flexibility index (Phi) is 29.2. The van der Waals surface area contributed by atoms with Gasteiger partial charge in [0.1, 0.15) is 0 Å². The second kappa shape index (κ2) is 30.0. The highest BCUT2D eigenvalue weighted by atomic mass is 16.4. The Morgan fingerprint density at radius 1 is 0.476 bits per heavy atom. The minimum absolute atomic E-state index is 0.0539. The molecule has 0 aliphatic carbocycles. The third-order valence-corrected chi connectivity index (χ3v) is 9.73. The van der Waals surface area contributed by atoms with Crippen LogP contribution in [0, 0.1) is 11.3 Å². The van der Waals surface area contributed by atoms with Crippen LogP contribution in [0.25, 0.3) is 0 Å². The van der Waals surface area contributed by atoms with Crippen LogP contribution in [0.2, 0.25) is 0 Å². The topological polar surface area (TPSA) is 74.6 Å². The van der Waals surface area contributed by atoms with E-state index in [2.05, 4.69) is 20.8 Å². The Balaban J connectivity index is 4.16. The number of carbonyl (C=O) groups is 2. The monoisotopic (exact) mass is 595 g/mol. The minimum Gasteiger partial charge on any atom is -0.481 e. The third-order valence-electron chi connectivity index (χ3n) is 9.73. The van der Waals surface area contributed by atoms with Crippen molar-refractivity contribution < 1.29 is 19.8 Å². The van der Waals surface area contributed by atoms with E-state index in [4.69, 9.17) is 5.11 Å². The van der Waals surface area contributed by atoms with E-state index in [9.17, 15) is 14.7 Å². The Morgan fingerprint density at radius 3 is 1.12 bits per heavy atom. The molecule has 1 atom stereocenters. The summed E-state index contributed by atoms with van der Waals surface area (Å²) in [6.45, 7) is 6.83. The molecule has 0 amide bonds. The molecule has 42 heavy (non-hydrogen) atoms. The summed E-state index contributed by atoms with van der Waals surface area (Å²) < 4.78 is 0. The average Bonchev–Trinajstić information content (AvgIpc) is 2.95. The summed E-state index contributed by atoms with van der Waals surface area (Å²) in [7, 11) is 0.